The second kappa shape index (κ2) is 8.22. The van der Waals surface area contributed by atoms with Crippen molar-refractivity contribution in [3.05, 3.63) is 22.8 Å². The lowest BCUT2D eigenvalue weighted by Gasteiger charge is -2.56. The predicted octanol–water partition coefficient (Wildman–Crippen LogP) is 4.41. The topological polar surface area (TPSA) is 69.7 Å². The number of hydrogen-bond donors (Lipinski definition) is 0. The van der Waals surface area contributed by atoms with Gasteiger partial charge >= 0.3 is 11.9 Å². The van der Waals surface area contributed by atoms with Gasteiger partial charge in [-0.25, -0.2) is 4.79 Å². The molecule has 0 bridgehead atoms. The van der Waals surface area contributed by atoms with Gasteiger partial charge in [0.15, 0.2) is 0 Å². The van der Waals surface area contributed by atoms with E-state index in [0.717, 1.165) is 48.7 Å². The zero-order valence-corrected chi connectivity index (χ0v) is 18.3. The predicted molar refractivity (Wildman–Crippen MR) is 107 cm³/mol. The molecule has 2 aliphatic carbocycles. The van der Waals surface area contributed by atoms with Crippen LogP contribution in [0.4, 0.5) is 0 Å². The molecular weight excluding hydrogens is 356 g/mol. The molecule has 5 atom stereocenters. The average Bonchev–Trinajstić information content (AvgIpc) is 2.89. The first-order chi connectivity index (χ1) is 13.0. The normalized spacial score (nSPS) is 35.4. The third-order valence-electron chi connectivity index (χ3n) is 7.63. The summed E-state index contributed by atoms with van der Waals surface area (Å²) in [5.74, 6) is -0.158. The van der Waals surface area contributed by atoms with Crippen molar-refractivity contribution in [3.8, 4) is 0 Å². The monoisotopic (exact) mass is 390 g/mol. The number of hydrogen-bond acceptors (Lipinski definition) is 5. The molecule has 2 aliphatic rings. The Balaban J connectivity index is 2.38. The van der Waals surface area contributed by atoms with Crippen molar-refractivity contribution in [1.82, 2.24) is 0 Å². The minimum absolute atomic E-state index is 0.135. The Labute approximate surface area is 168 Å². The first-order valence-corrected chi connectivity index (χ1v) is 10.1. The summed E-state index contributed by atoms with van der Waals surface area (Å²) in [5, 5.41) is 0. The van der Waals surface area contributed by atoms with Crippen LogP contribution < -0.4 is 0 Å². The van der Waals surface area contributed by atoms with Crippen molar-refractivity contribution >= 4 is 18.2 Å². The van der Waals surface area contributed by atoms with E-state index < -0.39 is 0 Å². The summed E-state index contributed by atoms with van der Waals surface area (Å²) in [6.07, 6.45) is 5.46. The zero-order chi connectivity index (χ0) is 21.3. The van der Waals surface area contributed by atoms with Crippen LogP contribution in [-0.2, 0) is 23.9 Å². The second-order valence-corrected chi connectivity index (χ2v) is 9.10. The summed E-state index contributed by atoms with van der Waals surface area (Å²) >= 11 is 0. The Morgan fingerprint density at radius 1 is 1.25 bits per heavy atom. The standard InChI is InChI=1S/C23H34O5/c1-14(10-21(26)27-7)8-9-22(5)16(3)19(28-17(4)25)12-23(6)15(2)18(13-24)11-20(22)23/h10,13,16,19-20H,8-9,11-12H2,1-7H3. The van der Waals surface area contributed by atoms with Crippen molar-refractivity contribution < 1.29 is 23.9 Å². The molecule has 5 unspecified atom stereocenters. The number of aldehydes is 1. The summed E-state index contributed by atoms with van der Waals surface area (Å²) in [7, 11) is 1.37. The summed E-state index contributed by atoms with van der Waals surface area (Å²) in [5.41, 5.74) is 2.68. The van der Waals surface area contributed by atoms with E-state index in [0.29, 0.717) is 5.92 Å². The van der Waals surface area contributed by atoms with E-state index >= 15 is 0 Å². The third-order valence-corrected chi connectivity index (χ3v) is 7.63. The fraction of sp³-hybridized carbons (Fsp3) is 0.696. The molecule has 2 rings (SSSR count). The van der Waals surface area contributed by atoms with Gasteiger partial charge in [0.25, 0.3) is 0 Å². The van der Waals surface area contributed by atoms with E-state index in [-0.39, 0.29) is 34.8 Å². The highest BCUT2D eigenvalue weighted by atomic mass is 16.5. The van der Waals surface area contributed by atoms with Crippen LogP contribution in [0.2, 0.25) is 0 Å². The largest absolute Gasteiger partial charge is 0.466 e. The van der Waals surface area contributed by atoms with Crippen molar-refractivity contribution in [2.45, 2.75) is 73.3 Å². The van der Waals surface area contributed by atoms with E-state index in [4.69, 9.17) is 9.47 Å². The molecule has 28 heavy (non-hydrogen) atoms. The lowest BCUT2D eigenvalue weighted by atomic mass is 9.49. The summed E-state index contributed by atoms with van der Waals surface area (Å²) in [6.45, 7) is 12.1. The lowest BCUT2D eigenvalue weighted by Crippen LogP contribution is -2.53. The van der Waals surface area contributed by atoms with Gasteiger partial charge < -0.3 is 9.47 Å². The Hall–Kier alpha value is -1.91. The van der Waals surface area contributed by atoms with Gasteiger partial charge in [0.1, 0.15) is 12.4 Å². The van der Waals surface area contributed by atoms with Crippen LogP contribution in [0.5, 0.6) is 0 Å². The molecule has 0 spiro atoms. The van der Waals surface area contributed by atoms with Gasteiger partial charge in [-0.3, -0.25) is 9.59 Å². The Bertz CT molecular complexity index is 719. The Morgan fingerprint density at radius 3 is 2.43 bits per heavy atom. The van der Waals surface area contributed by atoms with Gasteiger partial charge in [-0.1, -0.05) is 31.9 Å². The molecule has 1 fully saturated rings. The van der Waals surface area contributed by atoms with Gasteiger partial charge in [0.2, 0.25) is 0 Å². The van der Waals surface area contributed by atoms with Crippen LogP contribution in [0.1, 0.15) is 67.2 Å². The first-order valence-electron chi connectivity index (χ1n) is 10.1. The molecule has 0 aromatic rings. The van der Waals surface area contributed by atoms with E-state index in [9.17, 15) is 14.4 Å². The molecule has 0 aliphatic heterocycles. The minimum atomic E-state index is -0.344. The minimum Gasteiger partial charge on any atom is -0.466 e. The highest BCUT2D eigenvalue weighted by molar-refractivity contribution is 5.82. The molecule has 0 radical (unpaired) electrons. The van der Waals surface area contributed by atoms with Crippen LogP contribution in [0.25, 0.3) is 0 Å². The van der Waals surface area contributed by atoms with Gasteiger partial charge in [0.05, 0.1) is 7.11 Å². The van der Waals surface area contributed by atoms with Crippen molar-refractivity contribution in [1.29, 1.82) is 0 Å². The summed E-state index contributed by atoms with van der Waals surface area (Å²) in [6, 6.07) is 0. The summed E-state index contributed by atoms with van der Waals surface area (Å²) in [4.78, 5) is 35.0. The van der Waals surface area contributed by atoms with E-state index in [2.05, 4.69) is 20.8 Å². The highest BCUT2D eigenvalue weighted by Crippen LogP contribution is 2.64. The number of ether oxygens (including phenoxy) is 2. The molecule has 5 heteroatoms. The fourth-order valence-corrected chi connectivity index (χ4v) is 5.51. The maximum atomic E-state index is 11.7. The smallest absolute Gasteiger partial charge is 0.330 e. The SMILES string of the molecule is COC(=O)C=C(C)CCC1(C)C(C)C(OC(C)=O)CC2(C)C(C)=C(C=O)CC21. The van der Waals surface area contributed by atoms with E-state index in [1.54, 1.807) is 0 Å². The maximum absolute atomic E-state index is 11.7. The quantitative estimate of drug-likeness (QED) is 0.382. The fourth-order valence-electron chi connectivity index (χ4n) is 5.51. The molecule has 0 aromatic carbocycles. The second-order valence-electron chi connectivity index (χ2n) is 9.10. The first kappa shape index (κ1) is 22.4. The molecule has 156 valence electrons. The van der Waals surface area contributed by atoms with Crippen molar-refractivity contribution in [3.63, 3.8) is 0 Å². The molecule has 0 saturated heterocycles. The number of rotatable bonds is 6. The molecular formula is C23H34O5. The van der Waals surface area contributed by atoms with Crippen molar-refractivity contribution in [2.75, 3.05) is 7.11 Å². The van der Waals surface area contributed by atoms with Crippen LogP contribution >= 0.6 is 0 Å². The highest BCUT2D eigenvalue weighted by Gasteiger charge is 2.59. The molecule has 0 amide bonds. The van der Waals surface area contributed by atoms with E-state index in [1.165, 1.54) is 20.1 Å². The lowest BCUT2D eigenvalue weighted by molar-refractivity contribution is -0.166. The van der Waals surface area contributed by atoms with Crippen LogP contribution in [0.3, 0.4) is 0 Å². The van der Waals surface area contributed by atoms with Gasteiger partial charge in [-0.2, -0.15) is 0 Å². The van der Waals surface area contributed by atoms with E-state index in [1.807, 2.05) is 13.8 Å². The maximum Gasteiger partial charge on any atom is 0.330 e. The molecule has 0 N–H and O–H groups in total. The number of fused-ring (bicyclic) bond motifs is 1. The molecule has 1 saturated carbocycles. The number of esters is 2. The van der Waals surface area contributed by atoms with Gasteiger partial charge in [-0.05, 0) is 67.8 Å². The number of allylic oxidation sites excluding steroid dienone is 3. The van der Waals surface area contributed by atoms with Crippen LogP contribution in [-0.4, -0.2) is 31.4 Å². The van der Waals surface area contributed by atoms with Crippen LogP contribution in [0, 0.1) is 22.7 Å². The Kier molecular flexibility index (Phi) is 6.57. The summed E-state index contributed by atoms with van der Waals surface area (Å²) < 4.78 is 10.5. The molecule has 5 nitrogen and oxygen atoms in total. The molecule has 0 aromatic heterocycles. The van der Waals surface area contributed by atoms with Crippen LogP contribution in [0.15, 0.2) is 22.8 Å². The van der Waals surface area contributed by atoms with Gasteiger partial charge in [-0.15, -0.1) is 0 Å². The molecule has 0 heterocycles. The average molecular weight is 391 g/mol. The zero-order valence-electron chi connectivity index (χ0n) is 18.3. The van der Waals surface area contributed by atoms with Gasteiger partial charge in [0, 0.05) is 13.0 Å². The Morgan fingerprint density at radius 2 is 1.89 bits per heavy atom. The number of methoxy groups -OCH3 is 1. The third kappa shape index (κ3) is 3.94. The number of carbonyl (C=O) groups is 3. The number of carbonyl (C=O) groups excluding carboxylic acids is 3. The van der Waals surface area contributed by atoms with Crippen molar-refractivity contribution in [2.24, 2.45) is 22.7 Å².